The summed E-state index contributed by atoms with van der Waals surface area (Å²) in [5.41, 5.74) is 7.61. The molecule has 8 heteroatoms. The van der Waals surface area contributed by atoms with E-state index in [4.69, 9.17) is 10.5 Å². The summed E-state index contributed by atoms with van der Waals surface area (Å²) in [6.45, 7) is 2.18. The number of carbonyl (C=O) groups excluding carboxylic acids is 1. The van der Waals surface area contributed by atoms with E-state index in [2.05, 4.69) is 15.0 Å². The van der Waals surface area contributed by atoms with Gasteiger partial charge in [-0.25, -0.2) is 19.7 Å². The fraction of sp³-hybridized carbons (Fsp3) is 0.429. The molecule has 0 saturated carbocycles. The molecular formula is C21H27N5O3. The summed E-state index contributed by atoms with van der Waals surface area (Å²) in [5.74, 6) is 0.0520. The average Bonchev–Trinajstić information content (AvgIpc) is 3.15. The maximum atomic E-state index is 11.9. The van der Waals surface area contributed by atoms with Crippen LogP contribution in [-0.4, -0.2) is 43.3 Å². The molecule has 0 aliphatic carbocycles. The zero-order valence-electron chi connectivity index (χ0n) is 16.6. The van der Waals surface area contributed by atoms with Crippen molar-refractivity contribution < 1.29 is 14.6 Å². The van der Waals surface area contributed by atoms with E-state index >= 15 is 0 Å². The number of hydrogen-bond acceptors (Lipinski definition) is 7. The Morgan fingerprint density at radius 1 is 1.14 bits per heavy atom. The van der Waals surface area contributed by atoms with E-state index in [1.165, 1.54) is 6.33 Å². The van der Waals surface area contributed by atoms with Crippen LogP contribution in [0, 0.1) is 0 Å². The smallest absolute Gasteiger partial charge is 0.338 e. The summed E-state index contributed by atoms with van der Waals surface area (Å²) in [5, 5.41) is 10.2. The maximum Gasteiger partial charge on any atom is 0.338 e. The van der Waals surface area contributed by atoms with Gasteiger partial charge in [0.2, 0.25) is 0 Å². The summed E-state index contributed by atoms with van der Waals surface area (Å²) >= 11 is 0. The van der Waals surface area contributed by atoms with Crippen LogP contribution in [0.3, 0.4) is 0 Å². The third kappa shape index (κ3) is 5.29. The molecule has 154 valence electrons. The van der Waals surface area contributed by atoms with Crippen LogP contribution in [0.15, 0.2) is 43.0 Å². The SMILES string of the molecule is C[C@H](O)[C@@H](CCCCCCOC(=O)c1ccccc1)n1cnc2c(N)ncnc21. The number of benzene rings is 1. The molecule has 0 amide bonds. The number of aliphatic hydroxyl groups excluding tert-OH is 1. The van der Waals surface area contributed by atoms with Crippen molar-refractivity contribution in [3.8, 4) is 0 Å². The number of carbonyl (C=O) groups is 1. The summed E-state index contributed by atoms with van der Waals surface area (Å²) < 4.78 is 7.17. The molecule has 3 aromatic rings. The molecule has 2 atom stereocenters. The molecule has 0 radical (unpaired) electrons. The number of fused-ring (bicyclic) bond motifs is 1. The van der Waals surface area contributed by atoms with Crippen LogP contribution < -0.4 is 5.73 Å². The molecule has 0 aliphatic heterocycles. The zero-order valence-corrected chi connectivity index (χ0v) is 16.6. The minimum Gasteiger partial charge on any atom is -0.462 e. The van der Waals surface area contributed by atoms with Crippen LogP contribution in [-0.2, 0) is 4.74 Å². The fourth-order valence-corrected chi connectivity index (χ4v) is 3.36. The number of nitrogens with two attached hydrogens (primary N) is 1. The third-order valence-electron chi connectivity index (χ3n) is 4.94. The van der Waals surface area contributed by atoms with Crippen molar-refractivity contribution in [3.63, 3.8) is 0 Å². The summed E-state index contributed by atoms with van der Waals surface area (Å²) in [7, 11) is 0. The Kier molecular flexibility index (Phi) is 7.13. The summed E-state index contributed by atoms with van der Waals surface area (Å²) in [4.78, 5) is 24.4. The molecule has 0 bridgehead atoms. The highest BCUT2D eigenvalue weighted by Gasteiger charge is 2.20. The molecule has 0 unspecified atom stereocenters. The van der Waals surface area contributed by atoms with Crippen LogP contribution >= 0.6 is 0 Å². The van der Waals surface area contributed by atoms with Gasteiger partial charge in [-0.2, -0.15) is 0 Å². The normalized spacial score (nSPS) is 13.3. The van der Waals surface area contributed by atoms with Gasteiger partial charge in [0, 0.05) is 0 Å². The lowest BCUT2D eigenvalue weighted by molar-refractivity contribution is 0.0497. The number of ether oxygens (including phenoxy) is 1. The van der Waals surface area contributed by atoms with Gasteiger partial charge in [0.1, 0.15) is 11.8 Å². The lowest BCUT2D eigenvalue weighted by Crippen LogP contribution is -2.21. The zero-order chi connectivity index (χ0) is 20.6. The Bertz CT molecular complexity index is 926. The Morgan fingerprint density at radius 2 is 1.90 bits per heavy atom. The van der Waals surface area contributed by atoms with Gasteiger partial charge < -0.3 is 20.1 Å². The lowest BCUT2D eigenvalue weighted by atomic mass is 10.0. The van der Waals surface area contributed by atoms with Crippen LogP contribution in [0.2, 0.25) is 0 Å². The first-order chi connectivity index (χ1) is 14.1. The van der Waals surface area contributed by atoms with Crippen molar-refractivity contribution in [1.29, 1.82) is 0 Å². The molecule has 8 nitrogen and oxygen atoms in total. The number of aromatic nitrogens is 4. The van der Waals surface area contributed by atoms with Crippen molar-refractivity contribution in [2.75, 3.05) is 12.3 Å². The molecule has 0 spiro atoms. The highest BCUT2D eigenvalue weighted by Crippen LogP contribution is 2.25. The van der Waals surface area contributed by atoms with Crippen LogP contribution in [0.25, 0.3) is 11.2 Å². The van der Waals surface area contributed by atoms with Crippen LogP contribution in [0.4, 0.5) is 5.82 Å². The largest absolute Gasteiger partial charge is 0.462 e. The Labute approximate surface area is 169 Å². The van der Waals surface area contributed by atoms with Gasteiger partial charge in [0.25, 0.3) is 0 Å². The highest BCUT2D eigenvalue weighted by molar-refractivity contribution is 5.89. The summed E-state index contributed by atoms with van der Waals surface area (Å²) in [6, 6.07) is 8.86. The van der Waals surface area contributed by atoms with E-state index in [1.54, 1.807) is 25.4 Å². The van der Waals surface area contributed by atoms with Gasteiger partial charge >= 0.3 is 5.97 Å². The molecule has 2 heterocycles. The Hall–Kier alpha value is -3.00. The number of rotatable bonds is 10. The molecule has 0 saturated heterocycles. The molecular weight excluding hydrogens is 370 g/mol. The van der Waals surface area contributed by atoms with E-state index < -0.39 is 6.10 Å². The van der Waals surface area contributed by atoms with E-state index in [-0.39, 0.29) is 12.0 Å². The third-order valence-corrected chi connectivity index (χ3v) is 4.94. The second-order valence-corrected chi connectivity index (χ2v) is 7.10. The molecule has 2 aromatic heterocycles. The number of anilines is 1. The van der Waals surface area contributed by atoms with Crippen LogP contribution in [0.5, 0.6) is 0 Å². The molecule has 29 heavy (non-hydrogen) atoms. The molecule has 3 N–H and O–H groups in total. The molecule has 0 fully saturated rings. The number of aliphatic hydroxyl groups is 1. The van der Waals surface area contributed by atoms with E-state index in [0.717, 1.165) is 32.1 Å². The first kappa shape index (κ1) is 20.7. The topological polar surface area (TPSA) is 116 Å². The quantitative estimate of drug-likeness (QED) is 0.399. The Balaban J connectivity index is 1.42. The van der Waals surface area contributed by atoms with E-state index in [0.29, 0.717) is 29.2 Å². The molecule has 0 aliphatic rings. The van der Waals surface area contributed by atoms with Crippen molar-refractivity contribution in [1.82, 2.24) is 19.5 Å². The van der Waals surface area contributed by atoms with Gasteiger partial charge in [0.05, 0.1) is 30.6 Å². The van der Waals surface area contributed by atoms with Crippen LogP contribution in [0.1, 0.15) is 55.4 Å². The van der Waals surface area contributed by atoms with E-state index in [1.807, 2.05) is 22.8 Å². The van der Waals surface area contributed by atoms with Gasteiger partial charge in [-0.3, -0.25) is 0 Å². The van der Waals surface area contributed by atoms with Gasteiger partial charge in [-0.1, -0.05) is 37.5 Å². The number of nitrogen functional groups attached to an aromatic ring is 1. The van der Waals surface area contributed by atoms with Crippen molar-refractivity contribution >= 4 is 23.0 Å². The first-order valence-electron chi connectivity index (χ1n) is 9.91. The minimum absolute atomic E-state index is 0.134. The first-order valence-corrected chi connectivity index (χ1v) is 9.91. The van der Waals surface area contributed by atoms with Gasteiger partial charge in [0.15, 0.2) is 11.5 Å². The van der Waals surface area contributed by atoms with Gasteiger partial charge in [-0.05, 0) is 31.9 Å². The number of imidazole rings is 1. The number of unbranched alkanes of at least 4 members (excludes halogenated alkanes) is 3. The highest BCUT2D eigenvalue weighted by atomic mass is 16.5. The second-order valence-electron chi connectivity index (χ2n) is 7.10. The number of hydrogen-bond donors (Lipinski definition) is 2. The lowest BCUT2D eigenvalue weighted by Gasteiger charge is -2.21. The molecule has 1 aromatic carbocycles. The predicted molar refractivity (Wildman–Crippen MR) is 110 cm³/mol. The predicted octanol–water partition coefficient (Wildman–Crippen LogP) is 3.14. The van der Waals surface area contributed by atoms with Crippen molar-refractivity contribution in [2.45, 2.75) is 51.2 Å². The molecule has 3 rings (SSSR count). The Morgan fingerprint density at radius 3 is 2.66 bits per heavy atom. The van der Waals surface area contributed by atoms with E-state index in [9.17, 15) is 9.90 Å². The second kappa shape index (κ2) is 9.97. The summed E-state index contributed by atoms with van der Waals surface area (Å²) in [6.07, 6.45) is 7.00. The van der Waals surface area contributed by atoms with Crippen molar-refractivity contribution in [2.24, 2.45) is 0 Å². The standard InChI is InChI=1S/C21H27N5O3/c1-15(27)17(26-14-25-18-19(22)23-13-24-20(18)26)11-7-2-3-8-12-29-21(28)16-9-5-4-6-10-16/h4-6,9-10,13-15,17,27H,2-3,7-8,11-12H2,1H3,(H2,22,23,24)/t15-,17+/m0/s1. The van der Waals surface area contributed by atoms with Gasteiger partial charge in [-0.15, -0.1) is 0 Å². The fourth-order valence-electron chi connectivity index (χ4n) is 3.36. The number of esters is 1. The average molecular weight is 397 g/mol. The minimum atomic E-state index is -0.546. The monoisotopic (exact) mass is 397 g/mol. The van der Waals surface area contributed by atoms with Crippen molar-refractivity contribution in [3.05, 3.63) is 48.5 Å². The maximum absolute atomic E-state index is 11.9. The number of nitrogens with zero attached hydrogens (tertiary/aromatic N) is 4.